The van der Waals surface area contributed by atoms with Crippen LogP contribution in [0.15, 0.2) is 75.2 Å². The van der Waals surface area contributed by atoms with Crippen LogP contribution in [-0.2, 0) is 16.6 Å². The molecule has 2 aromatic carbocycles. The van der Waals surface area contributed by atoms with E-state index in [0.29, 0.717) is 12.2 Å². The van der Waals surface area contributed by atoms with Crippen LogP contribution in [0.25, 0.3) is 6.08 Å². The van der Waals surface area contributed by atoms with Crippen LogP contribution in [0, 0.1) is 6.92 Å². The summed E-state index contributed by atoms with van der Waals surface area (Å²) in [6.07, 6.45) is 1.62. The lowest BCUT2D eigenvalue weighted by Gasteiger charge is -2.22. The summed E-state index contributed by atoms with van der Waals surface area (Å²) in [5, 5.41) is 5.19. The van der Waals surface area contributed by atoms with Gasteiger partial charge in [0.15, 0.2) is 0 Å². The van der Waals surface area contributed by atoms with Crippen LogP contribution in [0.4, 0.5) is 5.69 Å². The third-order valence-electron chi connectivity index (χ3n) is 3.78. The molecule has 0 radical (unpaired) electrons. The van der Waals surface area contributed by atoms with Gasteiger partial charge in [-0.15, -0.1) is 0 Å². The minimum Gasteiger partial charge on any atom is -0.262 e. The average molecular weight is 448 g/mol. The number of sulfonamides is 1. The molecule has 3 rings (SSSR count). The van der Waals surface area contributed by atoms with Crippen molar-refractivity contribution >= 4 is 49.1 Å². The summed E-state index contributed by atoms with van der Waals surface area (Å²) in [7, 11) is -3.64. The quantitative estimate of drug-likeness (QED) is 0.476. The molecule has 6 heteroatoms. The SMILES string of the molecule is Cc1cccc(N(Cc2ccsc2)S(=O)(=O)/C=C/c2cccc(Br)c2)c1. The van der Waals surface area contributed by atoms with E-state index in [1.807, 2.05) is 72.3 Å². The minimum atomic E-state index is -3.64. The third-order valence-corrected chi connectivity index (χ3v) is 6.44. The number of nitrogens with zero attached hydrogens (tertiary/aromatic N) is 1. The van der Waals surface area contributed by atoms with Crippen LogP contribution >= 0.6 is 27.3 Å². The summed E-state index contributed by atoms with van der Waals surface area (Å²) in [5.74, 6) is 0. The fraction of sp³-hybridized carbons (Fsp3) is 0.100. The standard InChI is InChI=1S/C20H18BrNO2S2/c1-16-4-2-7-20(12-16)22(14-18-8-10-25-15-18)26(23,24)11-9-17-5-3-6-19(21)13-17/h2-13,15H,14H2,1H3/b11-9+. The molecule has 134 valence electrons. The molecule has 0 saturated carbocycles. The molecule has 0 unspecified atom stereocenters. The second-order valence-corrected chi connectivity index (χ2v) is 9.32. The molecule has 0 fully saturated rings. The number of rotatable bonds is 6. The van der Waals surface area contributed by atoms with Gasteiger partial charge in [0, 0.05) is 4.47 Å². The molecule has 1 aromatic heterocycles. The minimum absolute atomic E-state index is 0.304. The van der Waals surface area contributed by atoms with Crippen LogP contribution in [0.5, 0.6) is 0 Å². The van der Waals surface area contributed by atoms with Crippen molar-refractivity contribution in [2.45, 2.75) is 13.5 Å². The normalized spacial score (nSPS) is 11.8. The number of halogens is 1. The third kappa shape index (κ3) is 4.84. The number of anilines is 1. The summed E-state index contributed by atoms with van der Waals surface area (Å²) in [5.41, 5.74) is 3.47. The summed E-state index contributed by atoms with van der Waals surface area (Å²) >= 11 is 4.96. The van der Waals surface area contributed by atoms with E-state index in [-0.39, 0.29) is 0 Å². The Bertz CT molecular complexity index is 1010. The van der Waals surface area contributed by atoms with Crippen molar-refractivity contribution in [1.29, 1.82) is 0 Å². The monoisotopic (exact) mass is 447 g/mol. The Balaban J connectivity index is 1.96. The highest BCUT2D eigenvalue weighted by Gasteiger charge is 2.20. The van der Waals surface area contributed by atoms with E-state index in [2.05, 4.69) is 15.9 Å². The first kappa shape index (κ1) is 18.9. The first-order valence-electron chi connectivity index (χ1n) is 7.98. The largest absolute Gasteiger partial charge is 0.262 e. The molecule has 0 N–H and O–H groups in total. The molecule has 0 aliphatic rings. The molecule has 0 atom stereocenters. The van der Waals surface area contributed by atoms with Gasteiger partial charge in [0.1, 0.15) is 0 Å². The van der Waals surface area contributed by atoms with Crippen molar-refractivity contribution in [3.05, 3.63) is 91.9 Å². The van der Waals surface area contributed by atoms with E-state index >= 15 is 0 Å². The molecule has 3 aromatic rings. The Morgan fingerprint density at radius 1 is 1.12 bits per heavy atom. The lowest BCUT2D eigenvalue weighted by molar-refractivity contribution is 0.599. The van der Waals surface area contributed by atoms with Crippen LogP contribution in [-0.4, -0.2) is 8.42 Å². The number of hydrogen-bond acceptors (Lipinski definition) is 3. The number of thiophene rings is 1. The van der Waals surface area contributed by atoms with Crippen LogP contribution < -0.4 is 4.31 Å². The van der Waals surface area contributed by atoms with Crippen molar-refractivity contribution in [2.75, 3.05) is 4.31 Å². The van der Waals surface area contributed by atoms with E-state index in [1.165, 1.54) is 9.71 Å². The summed E-state index contributed by atoms with van der Waals surface area (Å²) in [6.45, 7) is 2.26. The number of benzene rings is 2. The van der Waals surface area contributed by atoms with E-state index < -0.39 is 10.0 Å². The summed E-state index contributed by atoms with van der Waals surface area (Å²) < 4.78 is 28.5. The molecule has 0 saturated heterocycles. The second-order valence-electron chi connectivity index (χ2n) is 5.88. The van der Waals surface area contributed by atoms with Gasteiger partial charge < -0.3 is 0 Å². The Morgan fingerprint density at radius 2 is 1.92 bits per heavy atom. The van der Waals surface area contributed by atoms with Gasteiger partial charge in [0.05, 0.1) is 17.6 Å². The molecular weight excluding hydrogens is 430 g/mol. The Labute approximate surface area is 166 Å². The maximum absolute atomic E-state index is 13.1. The topological polar surface area (TPSA) is 37.4 Å². The number of hydrogen-bond donors (Lipinski definition) is 0. The molecule has 1 heterocycles. The second kappa shape index (κ2) is 8.20. The summed E-state index contributed by atoms with van der Waals surface area (Å²) in [4.78, 5) is 0. The predicted molar refractivity (Wildman–Crippen MR) is 114 cm³/mol. The Hall–Kier alpha value is -1.89. The molecule has 0 amide bonds. The van der Waals surface area contributed by atoms with E-state index in [1.54, 1.807) is 17.4 Å². The van der Waals surface area contributed by atoms with E-state index in [9.17, 15) is 8.42 Å². The first-order chi connectivity index (χ1) is 12.4. The molecule has 0 spiro atoms. The van der Waals surface area contributed by atoms with E-state index in [0.717, 1.165) is 21.2 Å². The molecule has 0 aliphatic heterocycles. The summed E-state index contributed by atoms with van der Waals surface area (Å²) in [6, 6.07) is 17.0. The van der Waals surface area contributed by atoms with Crippen molar-refractivity contribution < 1.29 is 8.42 Å². The molecule has 26 heavy (non-hydrogen) atoms. The molecular formula is C20H18BrNO2S2. The average Bonchev–Trinajstić information content (AvgIpc) is 3.11. The van der Waals surface area contributed by atoms with Gasteiger partial charge in [0.25, 0.3) is 10.0 Å². The van der Waals surface area contributed by atoms with Crippen molar-refractivity contribution in [2.24, 2.45) is 0 Å². The molecule has 3 nitrogen and oxygen atoms in total. The molecule has 0 aliphatic carbocycles. The maximum Gasteiger partial charge on any atom is 0.257 e. The zero-order valence-electron chi connectivity index (χ0n) is 14.2. The lowest BCUT2D eigenvalue weighted by Crippen LogP contribution is -2.28. The highest BCUT2D eigenvalue weighted by Crippen LogP contribution is 2.24. The zero-order chi connectivity index (χ0) is 18.6. The van der Waals surface area contributed by atoms with Crippen LogP contribution in [0.1, 0.15) is 16.7 Å². The maximum atomic E-state index is 13.1. The highest BCUT2D eigenvalue weighted by atomic mass is 79.9. The predicted octanol–water partition coefficient (Wildman–Crippen LogP) is 5.83. The number of aryl methyl sites for hydroxylation is 1. The lowest BCUT2D eigenvalue weighted by atomic mass is 10.2. The van der Waals surface area contributed by atoms with Gasteiger partial charge in [-0.3, -0.25) is 4.31 Å². The highest BCUT2D eigenvalue weighted by molar-refractivity contribution is 9.10. The fourth-order valence-electron chi connectivity index (χ4n) is 2.51. The van der Waals surface area contributed by atoms with Crippen molar-refractivity contribution in [1.82, 2.24) is 0 Å². The van der Waals surface area contributed by atoms with E-state index in [4.69, 9.17) is 0 Å². The van der Waals surface area contributed by atoms with Crippen molar-refractivity contribution in [3.63, 3.8) is 0 Å². The van der Waals surface area contributed by atoms with Gasteiger partial charge in [-0.2, -0.15) is 11.3 Å². The van der Waals surface area contributed by atoms with Gasteiger partial charge in [-0.1, -0.05) is 40.2 Å². The van der Waals surface area contributed by atoms with Gasteiger partial charge in [0.2, 0.25) is 0 Å². The van der Waals surface area contributed by atoms with Crippen molar-refractivity contribution in [3.8, 4) is 0 Å². The Morgan fingerprint density at radius 3 is 2.62 bits per heavy atom. The smallest absolute Gasteiger partial charge is 0.257 e. The van der Waals surface area contributed by atoms with Gasteiger partial charge in [-0.05, 0) is 70.8 Å². The fourth-order valence-corrected chi connectivity index (χ4v) is 4.80. The molecule has 0 bridgehead atoms. The zero-order valence-corrected chi connectivity index (χ0v) is 17.4. The first-order valence-corrected chi connectivity index (χ1v) is 11.2. The van der Waals surface area contributed by atoms with Crippen LogP contribution in [0.2, 0.25) is 0 Å². The van der Waals surface area contributed by atoms with Crippen LogP contribution in [0.3, 0.4) is 0 Å². The van der Waals surface area contributed by atoms with Gasteiger partial charge in [-0.25, -0.2) is 8.42 Å². The Kier molecular flexibility index (Phi) is 5.96. The van der Waals surface area contributed by atoms with Gasteiger partial charge >= 0.3 is 0 Å².